The standard InChI is InChI=1S/C17H18BrN/c1-14(16-9-11-17(18)12-10-16)19-13-5-8-15-6-3-2-4-7-15/h2-12,14,19H,13H2,1H3/b8-5+/t14-/m1/s1. The molecule has 0 radical (unpaired) electrons. The average molecular weight is 316 g/mol. The van der Waals surface area contributed by atoms with Crippen LogP contribution in [0.15, 0.2) is 65.1 Å². The maximum absolute atomic E-state index is 3.49. The summed E-state index contributed by atoms with van der Waals surface area (Å²) in [6.45, 7) is 3.05. The van der Waals surface area contributed by atoms with E-state index in [2.05, 4.69) is 88.9 Å². The second-order valence-electron chi connectivity index (χ2n) is 4.49. The lowest BCUT2D eigenvalue weighted by molar-refractivity contribution is 0.618. The van der Waals surface area contributed by atoms with Crippen LogP contribution in [-0.4, -0.2) is 6.54 Å². The van der Waals surface area contributed by atoms with Gasteiger partial charge in [0.1, 0.15) is 0 Å². The summed E-state index contributed by atoms with van der Waals surface area (Å²) in [4.78, 5) is 0. The molecule has 0 amide bonds. The fourth-order valence-corrected chi connectivity index (χ4v) is 2.14. The molecule has 1 nitrogen and oxygen atoms in total. The van der Waals surface area contributed by atoms with Crippen LogP contribution < -0.4 is 5.32 Å². The lowest BCUT2D eigenvalue weighted by Gasteiger charge is -2.12. The molecule has 1 atom stereocenters. The van der Waals surface area contributed by atoms with E-state index in [1.807, 2.05) is 6.07 Å². The molecule has 1 N–H and O–H groups in total. The van der Waals surface area contributed by atoms with Crippen LogP contribution in [0.4, 0.5) is 0 Å². The van der Waals surface area contributed by atoms with Crippen LogP contribution in [0.25, 0.3) is 6.08 Å². The van der Waals surface area contributed by atoms with Gasteiger partial charge in [0.2, 0.25) is 0 Å². The highest BCUT2D eigenvalue weighted by molar-refractivity contribution is 9.10. The Kier molecular flexibility index (Phi) is 5.37. The Balaban J connectivity index is 1.82. The van der Waals surface area contributed by atoms with Crippen molar-refractivity contribution < 1.29 is 0 Å². The minimum atomic E-state index is 0.355. The second-order valence-corrected chi connectivity index (χ2v) is 5.41. The van der Waals surface area contributed by atoms with E-state index in [0.29, 0.717) is 6.04 Å². The predicted molar refractivity (Wildman–Crippen MR) is 86.0 cm³/mol. The Hall–Kier alpha value is -1.38. The van der Waals surface area contributed by atoms with Crippen molar-refractivity contribution in [1.82, 2.24) is 5.32 Å². The molecule has 0 spiro atoms. The summed E-state index contributed by atoms with van der Waals surface area (Å²) in [5.41, 5.74) is 2.54. The van der Waals surface area contributed by atoms with E-state index in [9.17, 15) is 0 Å². The van der Waals surface area contributed by atoms with E-state index in [4.69, 9.17) is 0 Å². The van der Waals surface area contributed by atoms with Crippen LogP contribution in [0.5, 0.6) is 0 Å². The van der Waals surface area contributed by atoms with Crippen LogP contribution in [0, 0.1) is 0 Å². The predicted octanol–water partition coefficient (Wildman–Crippen LogP) is 4.81. The van der Waals surface area contributed by atoms with Crippen molar-refractivity contribution in [1.29, 1.82) is 0 Å². The number of hydrogen-bond acceptors (Lipinski definition) is 1. The molecular formula is C17H18BrN. The molecule has 0 aliphatic heterocycles. The van der Waals surface area contributed by atoms with Crippen LogP contribution in [-0.2, 0) is 0 Å². The molecule has 0 aliphatic carbocycles. The van der Waals surface area contributed by atoms with Crippen molar-refractivity contribution in [3.8, 4) is 0 Å². The number of rotatable bonds is 5. The zero-order valence-corrected chi connectivity index (χ0v) is 12.6. The van der Waals surface area contributed by atoms with Crippen molar-refractivity contribution in [3.05, 3.63) is 76.3 Å². The molecule has 0 saturated carbocycles. The van der Waals surface area contributed by atoms with Gasteiger partial charge in [0.15, 0.2) is 0 Å². The van der Waals surface area contributed by atoms with Crippen molar-refractivity contribution in [2.45, 2.75) is 13.0 Å². The Bertz CT molecular complexity index is 517. The van der Waals surface area contributed by atoms with Gasteiger partial charge in [0.05, 0.1) is 0 Å². The van der Waals surface area contributed by atoms with Gasteiger partial charge in [-0.25, -0.2) is 0 Å². The third-order valence-electron chi connectivity index (χ3n) is 3.02. The molecule has 2 rings (SSSR count). The number of halogens is 1. The largest absolute Gasteiger partial charge is 0.307 e. The molecule has 19 heavy (non-hydrogen) atoms. The normalized spacial score (nSPS) is 12.7. The fraction of sp³-hybridized carbons (Fsp3) is 0.176. The lowest BCUT2D eigenvalue weighted by atomic mass is 10.1. The van der Waals surface area contributed by atoms with Gasteiger partial charge in [-0.3, -0.25) is 0 Å². The van der Waals surface area contributed by atoms with E-state index < -0.39 is 0 Å². The Morgan fingerprint density at radius 1 is 1.05 bits per heavy atom. The Labute approximate surface area is 123 Å². The molecule has 98 valence electrons. The highest BCUT2D eigenvalue weighted by Gasteiger charge is 2.02. The molecule has 2 aromatic rings. The molecule has 0 aromatic heterocycles. The molecule has 0 saturated heterocycles. The number of nitrogens with one attached hydrogen (secondary N) is 1. The quantitative estimate of drug-likeness (QED) is 0.834. The van der Waals surface area contributed by atoms with Crippen LogP contribution >= 0.6 is 15.9 Å². The first kappa shape index (κ1) is 14.0. The fourth-order valence-electron chi connectivity index (χ4n) is 1.87. The van der Waals surface area contributed by atoms with Crippen LogP contribution in [0.2, 0.25) is 0 Å². The monoisotopic (exact) mass is 315 g/mol. The molecule has 2 heteroatoms. The molecule has 0 aliphatic rings. The maximum Gasteiger partial charge on any atom is 0.0294 e. The molecular weight excluding hydrogens is 298 g/mol. The molecule has 2 aromatic carbocycles. The highest BCUT2D eigenvalue weighted by Crippen LogP contribution is 2.16. The van der Waals surface area contributed by atoms with Crippen molar-refractivity contribution in [2.24, 2.45) is 0 Å². The van der Waals surface area contributed by atoms with Gasteiger partial charge in [0.25, 0.3) is 0 Å². The van der Waals surface area contributed by atoms with Gasteiger partial charge >= 0.3 is 0 Å². The smallest absolute Gasteiger partial charge is 0.0294 e. The van der Waals surface area contributed by atoms with Crippen molar-refractivity contribution >= 4 is 22.0 Å². The van der Waals surface area contributed by atoms with Crippen LogP contribution in [0.3, 0.4) is 0 Å². The minimum absolute atomic E-state index is 0.355. The van der Waals surface area contributed by atoms with Gasteiger partial charge in [0, 0.05) is 17.1 Å². The van der Waals surface area contributed by atoms with E-state index in [0.717, 1.165) is 11.0 Å². The minimum Gasteiger partial charge on any atom is -0.307 e. The summed E-state index contributed by atoms with van der Waals surface area (Å²) in [6.07, 6.45) is 4.30. The van der Waals surface area contributed by atoms with E-state index >= 15 is 0 Å². The Morgan fingerprint density at radius 3 is 2.42 bits per heavy atom. The number of hydrogen-bond donors (Lipinski definition) is 1. The summed E-state index contributed by atoms with van der Waals surface area (Å²) in [7, 11) is 0. The first-order valence-electron chi connectivity index (χ1n) is 6.46. The second kappa shape index (κ2) is 7.27. The third-order valence-corrected chi connectivity index (χ3v) is 3.55. The summed E-state index contributed by atoms with van der Waals surface area (Å²) in [5, 5.41) is 3.49. The van der Waals surface area contributed by atoms with Gasteiger partial charge in [-0.15, -0.1) is 0 Å². The highest BCUT2D eigenvalue weighted by atomic mass is 79.9. The lowest BCUT2D eigenvalue weighted by Crippen LogP contribution is -2.18. The molecule has 0 unspecified atom stereocenters. The van der Waals surface area contributed by atoms with Crippen molar-refractivity contribution in [3.63, 3.8) is 0 Å². The average Bonchev–Trinajstić information content (AvgIpc) is 2.45. The zero-order chi connectivity index (χ0) is 13.5. The topological polar surface area (TPSA) is 12.0 Å². The van der Waals surface area contributed by atoms with Gasteiger partial charge in [-0.1, -0.05) is 70.5 Å². The summed E-state index contributed by atoms with van der Waals surface area (Å²) < 4.78 is 1.12. The summed E-state index contributed by atoms with van der Waals surface area (Å²) >= 11 is 3.45. The SMILES string of the molecule is C[C@@H](NC/C=C/c1ccccc1)c1ccc(Br)cc1. The van der Waals surface area contributed by atoms with Gasteiger partial charge < -0.3 is 5.32 Å². The first-order valence-corrected chi connectivity index (χ1v) is 7.25. The van der Waals surface area contributed by atoms with E-state index in [1.54, 1.807) is 0 Å². The van der Waals surface area contributed by atoms with Crippen LogP contribution in [0.1, 0.15) is 24.1 Å². The Morgan fingerprint density at radius 2 is 1.74 bits per heavy atom. The van der Waals surface area contributed by atoms with Crippen molar-refractivity contribution in [2.75, 3.05) is 6.54 Å². The zero-order valence-electron chi connectivity index (χ0n) is 11.0. The number of benzene rings is 2. The van der Waals surface area contributed by atoms with Gasteiger partial charge in [-0.05, 0) is 30.2 Å². The molecule has 0 fully saturated rings. The first-order chi connectivity index (χ1) is 9.25. The van der Waals surface area contributed by atoms with E-state index in [-0.39, 0.29) is 0 Å². The van der Waals surface area contributed by atoms with Gasteiger partial charge in [-0.2, -0.15) is 0 Å². The van der Waals surface area contributed by atoms with E-state index in [1.165, 1.54) is 11.1 Å². The maximum atomic E-state index is 3.49. The molecule has 0 bridgehead atoms. The third kappa shape index (κ3) is 4.66. The summed E-state index contributed by atoms with van der Waals surface area (Å²) in [5.74, 6) is 0. The summed E-state index contributed by atoms with van der Waals surface area (Å²) in [6, 6.07) is 19.1. The molecule has 0 heterocycles.